The quantitative estimate of drug-likeness (QED) is 0.833. The van der Waals surface area contributed by atoms with Crippen molar-refractivity contribution >= 4 is 18.3 Å². The predicted molar refractivity (Wildman–Crippen MR) is 74.1 cm³/mol. The van der Waals surface area contributed by atoms with E-state index in [-0.39, 0.29) is 30.0 Å². The minimum absolute atomic E-state index is 0. The highest BCUT2D eigenvalue weighted by atomic mass is 35.5. The van der Waals surface area contributed by atoms with E-state index in [0.29, 0.717) is 0 Å². The standard InChI is InChI=1S/C13H24N2O2.ClH/c1-13(7-3-4-8-14-13)12(16)15-9-5-6-11(10-15)17-2;/h11,14H,3-10H2,1-2H3;1H. The van der Waals surface area contributed by atoms with Crippen LogP contribution in [-0.4, -0.2) is 49.2 Å². The summed E-state index contributed by atoms with van der Waals surface area (Å²) in [5.74, 6) is 0.263. The van der Waals surface area contributed by atoms with Crippen LogP contribution in [-0.2, 0) is 9.53 Å². The van der Waals surface area contributed by atoms with Gasteiger partial charge < -0.3 is 15.0 Å². The number of rotatable bonds is 2. The van der Waals surface area contributed by atoms with Crippen molar-refractivity contribution in [3.05, 3.63) is 0 Å². The topological polar surface area (TPSA) is 41.6 Å². The highest BCUT2D eigenvalue weighted by Gasteiger charge is 2.38. The lowest BCUT2D eigenvalue weighted by Gasteiger charge is -2.40. The van der Waals surface area contributed by atoms with Gasteiger partial charge in [0.15, 0.2) is 0 Å². The summed E-state index contributed by atoms with van der Waals surface area (Å²) in [6, 6.07) is 0. The summed E-state index contributed by atoms with van der Waals surface area (Å²) in [6.45, 7) is 4.65. The first-order valence-electron chi connectivity index (χ1n) is 6.73. The van der Waals surface area contributed by atoms with E-state index in [2.05, 4.69) is 5.32 Å². The average molecular weight is 277 g/mol. The van der Waals surface area contributed by atoms with Gasteiger partial charge in [0.1, 0.15) is 0 Å². The van der Waals surface area contributed by atoms with E-state index in [9.17, 15) is 4.79 Å². The number of halogens is 1. The molecule has 106 valence electrons. The smallest absolute Gasteiger partial charge is 0.242 e. The number of nitrogens with zero attached hydrogens (tertiary/aromatic N) is 1. The van der Waals surface area contributed by atoms with E-state index in [1.807, 2.05) is 11.8 Å². The number of likely N-dealkylation sites (tertiary alicyclic amines) is 1. The number of piperidine rings is 2. The zero-order valence-corrected chi connectivity index (χ0v) is 12.2. The van der Waals surface area contributed by atoms with Crippen LogP contribution in [0.1, 0.15) is 39.0 Å². The van der Waals surface area contributed by atoms with Gasteiger partial charge in [-0.05, 0) is 45.6 Å². The molecule has 2 atom stereocenters. The summed E-state index contributed by atoms with van der Waals surface area (Å²) in [5, 5.41) is 3.39. The molecule has 5 heteroatoms. The monoisotopic (exact) mass is 276 g/mol. The van der Waals surface area contributed by atoms with Gasteiger partial charge in [-0.2, -0.15) is 0 Å². The Morgan fingerprint density at radius 3 is 2.78 bits per heavy atom. The van der Waals surface area contributed by atoms with E-state index >= 15 is 0 Å². The van der Waals surface area contributed by atoms with Crippen LogP contribution in [0.15, 0.2) is 0 Å². The minimum atomic E-state index is -0.339. The third-order valence-electron chi connectivity index (χ3n) is 4.09. The molecule has 0 aliphatic carbocycles. The van der Waals surface area contributed by atoms with E-state index in [1.54, 1.807) is 7.11 Å². The number of methoxy groups -OCH3 is 1. The van der Waals surface area contributed by atoms with Crippen molar-refractivity contribution in [2.75, 3.05) is 26.7 Å². The molecule has 1 N–H and O–H groups in total. The van der Waals surface area contributed by atoms with E-state index in [1.165, 1.54) is 6.42 Å². The molecule has 2 saturated heterocycles. The molecule has 1 amide bonds. The molecule has 2 heterocycles. The fraction of sp³-hybridized carbons (Fsp3) is 0.923. The molecule has 0 spiro atoms. The van der Waals surface area contributed by atoms with Gasteiger partial charge in [-0.25, -0.2) is 0 Å². The van der Waals surface area contributed by atoms with E-state index in [4.69, 9.17) is 4.74 Å². The van der Waals surface area contributed by atoms with Crippen LogP contribution in [0.25, 0.3) is 0 Å². The van der Waals surface area contributed by atoms with Crippen LogP contribution < -0.4 is 5.32 Å². The van der Waals surface area contributed by atoms with Crippen molar-refractivity contribution in [2.45, 2.75) is 50.7 Å². The second-order valence-electron chi connectivity index (χ2n) is 5.47. The lowest BCUT2D eigenvalue weighted by atomic mass is 9.88. The summed E-state index contributed by atoms with van der Waals surface area (Å²) in [5.41, 5.74) is -0.339. The number of amides is 1. The fourth-order valence-corrected chi connectivity index (χ4v) is 2.90. The van der Waals surface area contributed by atoms with Crippen molar-refractivity contribution in [3.63, 3.8) is 0 Å². The lowest BCUT2D eigenvalue weighted by molar-refractivity contribution is -0.142. The molecule has 0 aromatic rings. The maximum atomic E-state index is 12.5. The van der Waals surface area contributed by atoms with Gasteiger partial charge in [0, 0.05) is 20.2 Å². The maximum Gasteiger partial charge on any atom is 0.242 e. The second-order valence-corrected chi connectivity index (χ2v) is 5.47. The van der Waals surface area contributed by atoms with Crippen molar-refractivity contribution in [2.24, 2.45) is 0 Å². The van der Waals surface area contributed by atoms with Gasteiger partial charge >= 0.3 is 0 Å². The molecular formula is C13H25ClN2O2. The average Bonchev–Trinajstić information content (AvgIpc) is 2.39. The molecule has 0 aromatic heterocycles. The Morgan fingerprint density at radius 1 is 1.39 bits per heavy atom. The van der Waals surface area contributed by atoms with Crippen LogP contribution in [0.2, 0.25) is 0 Å². The molecule has 0 radical (unpaired) electrons. The highest BCUT2D eigenvalue weighted by molar-refractivity contribution is 5.86. The molecule has 2 fully saturated rings. The normalized spacial score (nSPS) is 32.8. The van der Waals surface area contributed by atoms with Crippen LogP contribution in [0.5, 0.6) is 0 Å². The molecule has 0 aromatic carbocycles. The zero-order chi connectivity index (χ0) is 12.3. The number of carbonyl (C=O) groups is 1. The minimum Gasteiger partial charge on any atom is -0.380 e. The Kier molecular flexibility index (Phi) is 5.89. The molecule has 0 saturated carbocycles. The Balaban J connectivity index is 0.00000162. The first-order valence-corrected chi connectivity index (χ1v) is 6.73. The van der Waals surface area contributed by atoms with Crippen molar-refractivity contribution in [1.29, 1.82) is 0 Å². The van der Waals surface area contributed by atoms with Crippen molar-refractivity contribution in [3.8, 4) is 0 Å². The number of hydrogen-bond acceptors (Lipinski definition) is 3. The van der Waals surface area contributed by atoms with Gasteiger partial charge in [0.25, 0.3) is 0 Å². The number of nitrogens with one attached hydrogen (secondary N) is 1. The summed E-state index contributed by atoms with van der Waals surface area (Å²) in [7, 11) is 1.74. The Bertz CT molecular complexity index is 280. The zero-order valence-electron chi connectivity index (χ0n) is 11.4. The number of hydrogen-bond donors (Lipinski definition) is 1. The number of ether oxygens (including phenoxy) is 1. The Hall–Kier alpha value is -0.320. The molecule has 18 heavy (non-hydrogen) atoms. The molecule has 2 unspecified atom stereocenters. The predicted octanol–water partition coefficient (Wildman–Crippen LogP) is 1.58. The largest absolute Gasteiger partial charge is 0.380 e. The molecule has 2 aliphatic heterocycles. The molecule has 2 aliphatic rings. The van der Waals surface area contributed by atoms with E-state index in [0.717, 1.165) is 45.3 Å². The Labute approximate surface area is 116 Å². The van der Waals surface area contributed by atoms with E-state index < -0.39 is 0 Å². The SMILES string of the molecule is COC1CCCN(C(=O)C2(C)CCCCN2)C1.Cl. The van der Waals surface area contributed by atoms with Crippen LogP contribution in [0.3, 0.4) is 0 Å². The summed E-state index contributed by atoms with van der Waals surface area (Å²) < 4.78 is 5.38. The Morgan fingerprint density at radius 2 is 2.17 bits per heavy atom. The third kappa shape index (κ3) is 3.37. The van der Waals surface area contributed by atoms with Crippen LogP contribution in [0.4, 0.5) is 0 Å². The summed E-state index contributed by atoms with van der Waals surface area (Å²) >= 11 is 0. The second kappa shape index (κ2) is 6.73. The van der Waals surface area contributed by atoms with Gasteiger partial charge in [0.05, 0.1) is 11.6 Å². The van der Waals surface area contributed by atoms with Gasteiger partial charge in [-0.15, -0.1) is 12.4 Å². The van der Waals surface area contributed by atoms with Crippen molar-refractivity contribution < 1.29 is 9.53 Å². The van der Waals surface area contributed by atoms with Crippen LogP contribution >= 0.6 is 12.4 Å². The summed E-state index contributed by atoms with van der Waals surface area (Å²) in [4.78, 5) is 14.5. The van der Waals surface area contributed by atoms with Gasteiger partial charge in [-0.1, -0.05) is 0 Å². The third-order valence-corrected chi connectivity index (χ3v) is 4.09. The highest BCUT2D eigenvalue weighted by Crippen LogP contribution is 2.23. The molecule has 2 rings (SSSR count). The van der Waals surface area contributed by atoms with Crippen LogP contribution in [0, 0.1) is 0 Å². The maximum absolute atomic E-state index is 12.5. The molecule has 4 nitrogen and oxygen atoms in total. The fourth-order valence-electron chi connectivity index (χ4n) is 2.90. The number of carbonyl (C=O) groups excluding carboxylic acids is 1. The van der Waals surface area contributed by atoms with Crippen molar-refractivity contribution in [1.82, 2.24) is 10.2 Å². The lowest BCUT2D eigenvalue weighted by Crippen LogP contribution is -2.60. The summed E-state index contributed by atoms with van der Waals surface area (Å²) in [6.07, 6.45) is 5.64. The molecule has 0 bridgehead atoms. The van der Waals surface area contributed by atoms with Gasteiger partial charge in [0.2, 0.25) is 5.91 Å². The van der Waals surface area contributed by atoms with Gasteiger partial charge in [-0.3, -0.25) is 4.79 Å². The molecular weight excluding hydrogens is 252 g/mol. The first kappa shape index (κ1) is 15.7. The first-order chi connectivity index (χ1) is 8.15.